The maximum atomic E-state index is 12.3. The summed E-state index contributed by atoms with van der Waals surface area (Å²) >= 11 is 1.35. The second kappa shape index (κ2) is 10.4. The number of carbonyl (C=O) groups excluding carboxylic acids is 2. The standard InChI is InChI=1S/C23H23N3O4S/c1-15(27)24-13-16-4-6-17(7-5-16)20-14-31-23(25-20)26-22(28)11-8-18-12-19(29-2)9-10-21(18)30-3/h4-12,14H,13H2,1-3H3,(H,24,27)(H,25,26,28)/b11-8+. The Bertz CT molecular complexity index is 1090. The molecular formula is C23H23N3O4S. The van der Waals surface area contributed by atoms with Gasteiger partial charge in [-0.05, 0) is 29.8 Å². The van der Waals surface area contributed by atoms with Gasteiger partial charge in [-0.25, -0.2) is 4.98 Å². The third kappa shape index (κ3) is 6.16. The lowest BCUT2D eigenvalue weighted by molar-refractivity contribution is -0.119. The minimum Gasteiger partial charge on any atom is -0.497 e. The zero-order valence-corrected chi connectivity index (χ0v) is 18.3. The molecule has 0 atom stereocenters. The summed E-state index contributed by atoms with van der Waals surface area (Å²) in [5.74, 6) is 0.955. The van der Waals surface area contributed by atoms with E-state index < -0.39 is 0 Å². The van der Waals surface area contributed by atoms with Crippen LogP contribution in [0.4, 0.5) is 5.13 Å². The van der Waals surface area contributed by atoms with E-state index in [0.717, 1.165) is 22.4 Å². The highest BCUT2D eigenvalue weighted by Crippen LogP contribution is 2.26. The highest BCUT2D eigenvalue weighted by atomic mass is 32.1. The molecule has 0 unspecified atom stereocenters. The molecule has 0 radical (unpaired) electrons. The van der Waals surface area contributed by atoms with Crippen LogP contribution in [-0.2, 0) is 16.1 Å². The predicted octanol–water partition coefficient (Wildman–Crippen LogP) is 4.12. The largest absolute Gasteiger partial charge is 0.497 e. The maximum absolute atomic E-state index is 12.3. The number of methoxy groups -OCH3 is 2. The number of nitrogens with zero attached hydrogens (tertiary/aromatic N) is 1. The van der Waals surface area contributed by atoms with Gasteiger partial charge in [-0.1, -0.05) is 24.3 Å². The lowest BCUT2D eigenvalue weighted by atomic mass is 10.1. The highest BCUT2D eigenvalue weighted by molar-refractivity contribution is 7.14. The van der Waals surface area contributed by atoms with Crippen LogP contribution < -0.4 is 20.1 Å². The van der Waals surface area contributed by atoms with Gasteiger partial charge in [0.15, 0.2) is 5.13 Å². The molecule has 0 aliphatic heterocycles. The molecular weight excluding hydrogens is 414 g/mol. The van der Waals surface area contributed by atoms with Crippen molar-refractivity contribution in [3.8, 4) is 22.8 Å². The molecule has 1 aromatic heterocycles. The molecule has 8 heteroatoms. The minimum absolute atomic E-state index is 0.0668. The Labute approximate surface area is 184 Å². The molecule has 0 fully saturated rings. The fourth-order valence-corrected chi connectivity index (χ4v) is 3.49. The molecule has 2 N–H and O–H groups in total. The van der Waals surface area contributed by atoms with Gasteiger partial charge in [0.2, 0.25) is 11.8 Å². The van der Waals surface area contributed by atoms with Gasteiger partial charge in [0.05, 0.1) is 19.9 Å². The van der Waals surface area contributed by atoms with Gasteiger partial charge in [0.25, 0.3) is 0 Å². The molecule has 0 aliphatic rings. The number of benzene rings is 2. The van der Waals surface area contributed by atoms with Crippen molar-refractivity contribution in [2.75, 3.05) is 19.5 Å². The van der Waals surface area contributed by atoms with E-state index in [0.29, 0.717) is 23.2 Å². The highest BCUT2D eigenvalue weighted by Gasteiger charge is 2.08. The topological polar surface area (TPSA) is 89.6 Å². The van der Waals surface area contributed by atoms with E-state index in [-0.39, 0.29) is 11.8 Å². The molecule has 31 heavy (non-hydrogen) atoms. The van der Waals surface area contributed by atoms with Gasteiger partial charge in [-0.2, -0.15) is 0 Å². The molecule has 0 aliphatic carbocycles. The van der Waals surface area contributed by atoms with E-state index in [1.165, 1.54) is 24.3 Å². The normalized spacial score (nSPS) is 10.7. The number of carbonyl (C=O) groups is 2. The van der Waals surface area contributed by atoms with E-state index >= 15 is 0 Å². The van der Waals surface area contributed by atoms with Crippen LogP contribution in [0.2, 0.25) is 0 Å². The zero-order chi connectivity index (χ0) is 22.2. The van der Waals surface area contributed by atoms with Crippen molar-refractivity contribution in [2.24, 2.45) is 0 Å². The van der Waals surface area contributed by atoms with Crippen LogP contribution in [0.15, 0.2) is 53.9 Å². The van der Waals surface area contributed by atoms with Crippen molar-refractivity contribution >= 4 is 34.4 Å². The monoisotopic (exact) mass is 437 g/mol. The molecule has 0 saturated carbocycles. The van der Waals surface area contributed by atoms with Crippen LogP contribution in [0.3, 0.4) is 0 Å². The average molecular weight is 438 g/mol. The van der Waals surface area contributed by atoms with E-state index in [9.17, 15) is 9.59 Å². The van der Waals surface area contributed by atoms with Crippen molar-refractivity contribution in [3.05, 3.63) is 65.0 Å². The molecule has 0 saturated heterocycles. The summed E-state index contributed by atoms with van der Waals surface area (Å²) in [5, 5.41) is 7.92. The summed E-state index contributed by atoms with van der Waals surface area (Å²) in [6.45, 7) is 1.97. The molecule has 3 aromatic rings. The maximum Gasteiger partial charge on any atom is 0.250 e. The van der Waals surface area contributed by atoms with Crippen LogP contribution in [0, 0.1) is 0 Å². The number of hydrogen-bond donors (Lipinski definition) is 2. The van der Waals surface area contributed by atoms with E-state index in [2.05, 4.69) is 15.6 Å². The summed E-state index contributed by atoms with van der Waals surface area (Å²) in [4.78, 5) is 27.8. The molecule has 3 rings (SSSR count). The van der Waals surface area contributed by atoms with E-state index in [1.54, 1.807) is 38.5 Å². The fourth-order valence-electron chi connectivity index (χ4n) is 2.77. The quantitative estimate of drug-likeness (QED) is 0.518. The van der Waals surface area contributed by atoms with Crippen LogP contribution in [0.5, 0.6) is 11.5 Å². The van der Waals surface area contributed by atoms with E-state index in [4.69, 9.17) is 9.47 Å². The number of nitrogens with one attached hydrogen (secondary N) is 2. The van der Waals surface area contributed by atoms with Crippen LogP contribution in [0.1, 0.15) is 18.1 Å². The molecule has 0 spiro atoms. The van der Waals surface area contributed by atoms with Gasteiger partial charge >= 0.3 is 0 Å². The number of anilines is 1. The number of hydrogen-bond acceptors (Lipinski definition) is 6. The first-order chi connectivity index (χ1) is 15.0. The average Bonchev–Trinajstić information content (AvgIpc) is 3.24. The van der Waals surface area contributed by atoms with Gasteiger partial charge in [-0.15, -0.1) is 11.3 Å². The van der Waals surface area contributed by atoms with Gasteiger partial charge in [-0.3, -0.25) is 14.9 Å². The Morgan fingerprint density at radius 1 is 1.10 bits per heavy atom. The number of aromatic nitrogens is 1. The van der Waals surface area contributed by atoms with Gasteiger partial charge < -0.3 is 14.8 Å². The van der Waals surface area contributed by atoms with Crippen molar-refractivity contribution in [3.63, 3.8) is 0 Å². The SMILES string of the molecule is COc1ccc(OC)c(/C=C/C(=O)Nc2nc(-c3ccc(CNC(C)=O)cc3)cs2)c1. The number of rotatable bonds is 8. The first-order valence-corrected chi connectivity index (χ1v) is 10.4. The lowest BCUT2D eigenvalue weighted by Crippen LogP contribution is -2.18. The number of thiazole rings is 1. The van der Waals surface area contributed by atoms with Crippen molar-refractivity contribution in [2.45, 2.75) is 13.5 Å². The van der Waals surface area contributed by atoms with Crippen molar-refractivity contribution in [1.29, 1.82) is 0 Å². The second-order valence-electron chi connectivity index (χ2n) is 6.58. The molecule has 7 nitrogen and oxygen atoms in total. The predicted molar refractivity (Wildman–Crippen MR) is 122 cm³/mol. The minimum atomic E-state index is -0.295. The summed E-state index contributed by atoms with van der Waals surface area (Å²) in [6.07, 6.45) is 3.09. The van der Waals surface area contributed by atoms with Crippen LogP contribution in [-0.4, -0.2) is 31.0 Å². The third-order valence-corrected chi connectivity index (χ3v) is 5.13. The summed E-state index contributed by atoms with van der Waals surface area (Å²) in [6, 6.07) is 13.1. The lowest BCUT2D eigenvalue weighted by Gasteiger charge is -2.07. The number of amides is 2. The Balaban J connectivity index is 1.64. The Morgan fingerprint density at radius 3 is 2.55 bits per heavy atom. The third-order valence-electron chi connectivity index (χ3n) is 4.38. The van der Waals surface area contributed by atoms with Crippen molar-refractivity contribution < 1.29 is 19.1 Å². The Hall–Kier alpha value is -3.65. The summed E-state index contributed by atoms with van der Waals surface area (Å²) in [5.41, 5.74) is 3.43. The molecule has 0 bridgehead atoms. The van der Waals surface area contributed by atoms with Gasteiger partial charge in [0.1, 0.15) is 11.5 Å². The van der Waals surface area contributed by atoms with Crippen LogP contribution in [0.25, 0.3) is 17.3 Å². The second-order valence-corrected chi connectivity index (χ2v) is 7.43. The first-order valence-electron chi connectivity index (χ1n) is 9.49. The van der Waals surface area contributed by atoms with Crippen LogP contribution >= 0.6 is 11.3 Å². The zero-order valence-electron chi connectivity index (χ0n) is 17.5. The van der Waals surface area contributed by atoms with E-state index in [1.807, 2.05) is 29.6 Å². The molecule has 2 amide bonds. The molecule has 1 heterocycles. The smallest absolute Gasteiger partial charge is 0.250 e. The Morgan fingerprint density at radius 2 is 1.87 bits per heavy atom. The van der Waals surface area contributed by atoms with Gasteiger partial charge in [0, 0.05) is 36.1 Å². The molecule has 2 aromatic carbocycles. The summed E-state index contributed by atoms with van der Waals surface area (Å²) < 4.78 is 10.5. The molecule has 160 valence electrons. The number of ether oxygens (including phenoxy) is 2. The van der Waals surface area contributed by atoms with Crippen molar-refractivity contribution in [1.82, 2.24) is 10.3 Å². The Kier molecular flexibility index (Phi) is 7.40. The summed E-state index contributed by atoms with van der Waals surface area (Å²) in [7, 11) is 3.15. The fraction of sp³-hybridized carbons (Fsp3) is 0.174. The first kappa shape index (κ1) is 22.0.